The van der Waals surface area contributed by atoms with Gasteiger partial charge in [-0.05, 0) is 12.7 Å². The molecule has 0 unspecified atom stereocenters. The fourth-order valence-electron chi connectivity index (χ4n) is 1.07. The molecular formula is C9H17NO3S. The highest BCUT2D eigenvalue weighted by molar-refractivity contribution is 7.98. The second-order valence-electron chi connectivity index (χ2n) is 2.95. The summed E-state index contributed by atoms with van der Waals surface area (Å²) in [5.74, 6) is -0.266. The molecule has 0 fully saturated rings. The zero-order valence-corrected chi connectivity index (χ0v) is 9.47. The molecule has 0 aromatic rings. The van der Waals surface area contributed by atoms with E-state index < -0.39 is 5.97 Å². The minimum absolute atomic E-state index is 0.0661. The summed E-state index contributed by atoms with van der Waals surface area (Å²) < 4.78 is 0. The first-order valence-electron chi connectivity index (χ1n) is 4.60. The Labute approximate surface area is 88.7 Å². The van der Waals surface area contributed by atoms with Crippen molar-refractivity contribution < 1.29 is 14.7 Å². The first-order chi connectivity index (χ1) is 6.61. The van der Waals surface area contributed by atoms with E-state index in [4.69, 9.17) is 5.11 Å². The maximum Gasteiger partial charge on any atom is 0.323 e. The van der Waals surface area contributed by atoms with Crippen LogP contribution in [0.15, 0.2) is 0 Å². The van der Waals surface area contributed by atoms with Crippen LogP contribution in [0.2, 0.25) is 0 Å². The van der Waals surface area contributed by atoms with Gasteiger partial charge in [-0.25, -0.2) is 0 Å². The van der Waals surface area contributed by atoms with Crippen LogP contribution in [0, 0.1) is 0 Å². The van der Waals surface area contributed by atoms with Gasteiger partial charge in [-0.3, -0.25) is 9.59 Å². The standard InChI is InChI=1S/C9H17NO3S/c1-3-5-10(7-9(12)13)8(11)4-6-14-2/h3-7H2,1-2H3,(H,12,13). The highest BCUT2D eigenvalue weighted by Gasteiger charge is 2.14. The molecule has 0 bridgehead atoms. The van der Waals surface area contributed by atoms with E-state index in [-0.39, 0.29) is 12.5 Å². The average molecular weight is 219 g/mol. The van der Waals surface area contributed by atoms with E-state index in [0.29, 0.717) is 13.0 Å². The van der Waals surface area contributed by atoms with Crippen LogP contribution in [0.3, 0.4) is 0 Å². The van der Waals surface area contributed by atoms with E-state index in [1.165, 1.54) is 4.90 Å². The van der Waals surface area contributed by atoms with Crippen LogP contribution in [0.1, 0.15) is 19.8 Å². The van der Waals surface area contributed by atoms with E-state index in [9.17, 15) is 9.59 Å². The number of nitrogens with zero attached hydrogens (tertiary/aromatic N) is 1. The van der Waals surface area contributed by atoms with Crippen LogP contribution in [0.25, 0.3) is 0 Å². The molecule has 1 amide bonds. The number of carbonyl (C=O) groups is 2. The lowest BCUT2D eigenvalue weighted by Gasteiger charge is -2.19. The zero-order valence-electron chi connectivity index (χ0n) is 8.65. The molecule has 4 nitrogen and oxygen atoms in total. The lowest BCUT2D eigenvalue weighted by atomic mass is 10.3. The molecule has 0 spiro atoms. The van der Waals surface area contributed by atoms with Gasteiger partial charge < -0.3 is 10.0 Å². The quantitative estimate of drug-likeness (QED) is 0.695. The molecule has 0 aliphatic carbocycles. The summed E-state index contributed by atoms with van der Waals surface area (Å²) in [7, 11) is 0. The molecule has 0 atom stereocenters. The lowest BCUT2D eigenvalue weighted by molar-refractivity contribution is -0.144. The van der Waals surface area contributed by atoms with Crippen molar-refractivity contribution in [3.63, 3.8) is 0 Å². The third-order valence-corrected chi connectivity index (χ3v) is 2.30. The molecule has 0 aliphatic heterocycles. The summed E-state index contributed by atoms with van der Waals surface area (Å²) in [5, 5.41) is 8.59. The number of carboxylic acid groups (broad SMARTS) is 1. The lowest BCUT2D eigenvalue weighted by Crippen LogP contribution is -2.36. The molecular weight excluding hydrogens is 202 g/mol. The third kappa shape index (κ3) is 5.85. The molecule has 0 heterocycles. The Kier molecular flexibility index (Phi) is 7.28. The number of rotatable bonds is 7. The van der Waals surface area contributed by atoms with Crippen LogP contribution in [-0.4, -0.2) is 47.0 Å². The minimum Gasteiger partial charge on any atom is -0.480 e. The number of carbonyl (C=O) groups excluding carboxylic acids is 1. The summed E-state index contributed by atoms with van der Waals surface area (Å²) in [5.41, 5.74) is 0. The second kappa shape index (κ2) is 7.67. The van der Waals surface area contributed by atoms with Gasteiger partial charge in [0.15, 0.2) is 0 Å². The van der Waals surface area contributed by atoms with Crippen LogP contribution in [0.4, 0.5) is 0 Å². The third-order valence-electron chi connectivity index (χ3n) is 1.69. The van der Waals surface area contributed by atoms with Crippen molar-refractivity contribution in [1.82, 2.24) is 4.90 Å². The van der Waals surface area contributed by atoms with Crippen LogP contribution >= 0.6 is 11.8 Å². The monoisotopic (exact) mass is 219 g/mol. The van der Waals surface area contributed by atoms with E-state index in [0.717, 1.165) is 12.2 Å². The maximum absolute atomic E-state index is 11.5. The van der Waals surface area contributed by atoms with Crippen molar-refractivity contribution in [3.05, 3.63) is 0 Å². The summed E-state index contributed by atoms with van der Waals surface area (Å²) >= 11 is 1.59. The van der Waals surface area contributed by atoms with Gasteiger partial charge in [0, 0.05) is 18.7 Å². The van der Waals surface area contributed by atoms with E-state index in [1.807, 2.05) is 13.2 Å². The van der Waals surface area contributed by atoms with Gasteiger partial charge in [0.05, 0.1) is 0 Å². The van der Waals surface area contributed by atoms with Crippen molar-refractivity contribution in [2.45, 2.75) is 19.8 Å². The Hall–Kier alpha value is -0.710. The van der Waals surface area contributed by atoms with Gasteiger partial charge in [0.1, 0.15) is 6.54 Å². The fraction of sp³-hybridized carbons (Fsp3) is 0.778. The molecule has 1 N–H and O–H groups in total. The summed E-state index contributed by atoms with van der Waals surface area (Å²) in [6, 6.07) is 0. The summed E-state index contributed by atoms with van der Waals surface area (Å²) in [4.78, 5) is 23.3. The van der Waals surface area contributed by atoms with Gasteiger partial charge in [-0.1, -0.05) is 6.92 Å². The Morgan fingerprint density at radius 3 is 2.50 bits per heavy atom. The van der Waals surface area contributed by atoms with Crippen LogP contribution in [0.5, 0.6) is 0 Å². The Morgan fingerprint density at radius 2 is 2.07 bits per heavy atom. The number of hydrogen-bond acceptors (Lipinski definition) is 3. The van der Waals surface area contributed by atoms with E-state index >= 15 is 0 Å². The predicted octanol–water partition coefficient (Wildman–Crippen LogP) is 1.06. The van der Waals surface area contributed by atoms with Crippen LogP contribution in [-0.2, 0) is 9.59 Å². The van der Waals surface area contributed by atoms with Crippen molar-refractivity contribution in [1.29, 1.82) is 0 Å². The van der Waals surface area contributed by atoms with Gasteiger partial charge in [-0.15, -0.1) is 0 Å². The van der Waals surface area contributed by atoms with Crippen LogP contribution < -0.4 is 0 Å². The Balaban J connectivity index is 4.03. The zero-order chi connectivity index (χ0) is 11.0. The average Bonchev–Trinajstić information content (AvgIpc) is 2.13. The molecule has 0 radical (unpaired) electrons. The fourth-order valence-corrected chi connectivity index (χ4v) is 1.45. The number of hydrogen-bond donors (Lipinski definition) is 1. The van der Waals surface area contributed by atoms with E-state index in [2.05, 4.69) is 0 Å². The van der Waals surface area contributed by atoms with Gasteiger partial charge in [-0.2, -0.15) is 11.8 Å². The molecule has 0 saturated carbocycles. The molecule has 14 heavy (non-hydrogen) atoms. The Morgan fingerprint density at radius 1 is 1.43 bits per heavy atom. The molecule has 0 aromatic carbocycles. The van der Waals surface area contributed by atoms with Crippen molar-refractivity contribution in [3.8, 4) is 0 Å². The van der Waals surface area contributed by atoms with Crippen molar-refractivity contribution in [2.24, 2.45) is 0 Å². The van der Waals surface area contributed by atoms with Crippen molar-refractivity contribution in [2.75, 3.05) is 25.1 Å². The predicted molar refractivity (Wildman–Crippen MR) is 57.5 cm³/mol. The van der Waals surface area contributed by atoms with Gasteiger partial charge in [0.2, 0.25) is 5.91 Å². The highest BCUT2D eigenvalue weighted by Crippen LogP contribution is 2.01. The highest BCUT2D eigenvalue weighted by atomic mass is 32.2. The van der Waals surface area contributed by atoms with E-state index in [1.54, 1.807) is 11.8 Å². The maximum atomic E-state index is 11.5. The molecule has 0 rings (SSSR count). The van der Waals surface area contributed by atoms with Gasteiger partial charge >= 0.3 is 5.97 Å². The molecule has 0 aliphatic rings. The SMILES string of the molecule is CCCN(CC(=O)O)C(=O)CCSC. The number of amides is 1. The molecule has 82 valence electrons. The summed E-state index contributed by atoms with van der Waals surface area (Å²) in [6.07, 6.45) is 3.14. The first kappa shape index (κ1) is 13.3. The molecule has 0 saturated heterocycles. The molecule has 5 heteroatoms. The minimum atomic E-state index is -0.948. The number of aliphatic carboxylic acids is 1. The Bertz CT molecular complexity index is 196. The number of carboxylic acids is 1. The first-order valence-corrected chi connectivity index (χ1v) is 5.99. The largest absolute Gasteiger partial charge is 0.480 e. The number of thioether (sulfide) groups is 1. The van der Waals surface area contributed by atoms with Gasteiger partial charge in [0.25, 0.3) is 0 Å². The molecule has 0 aromatic heterocycles. The normalized spacial score (nSPS) is 9.86. The topological polar surface area (TPSA) is 57.6 Å². The smallest absolute Gasteiger partial charge is 0.323 e. The van der Waals surface area contributed by atoms with Crippen molar-refractivity contribution >= 4 is 23.6 Å². The second-order valence-corrected chi connectivity index (χ2v) is 3.94. The summed E-state index contributed by atoms with van der Waals surface area (Å²) in [6.45, 7) is 2.28.